The van der Waals surface area contributed by atoms with Gasteiger partial charge in [-0.2, -0.15) is 4.37 Å². The van der Waals surface area contributed by atoms with Gasteiger partial charge in [0.05, 0.1) is 12.8 Å². The monoisotopic (exact) mass is 292 g/mol. The van der Waals surface area contributed by atoms with Crippen LogP contribution in [-0.2, 0) is 6.42 Å². The fourth-order valence-corrected chi connectivity index (χ4v) is 2.77. The Hall–Kier alpha value is -2.08. The predicted octanol–water partition coefficient (Wildman–Crippen LogP) is 2.81. The first-order valence-electron chi connectivity index (χ1n) is 6.18. The average molecular weight is 292 g/mol. The zero-order chi connectivity index (χ0) is 14.5. The minimum absolute atomic E-state index is 0.259. The van der Waals surface area contributed by atoms with Gasteiger partial charge >= 0.3 is 5.97 Å². The molecule has 0 spiro atoms. The molecule has 0 radical (unpaired) electrons. The minimum Gasteiger partial charge on any atom is -0.496 e. The number of anilines is 1. The number of carboxylic acid groups (broad SMARTS) is 1. The van der Waals surface area contributed by atoms with Gasteiger partial charge < -0.3 is 15.2 Å². The van der Waals surface area contributed by atoms with Crippen LogP contribution in [0.3, 0.4) is 0 Å². The van der Waals surface area contributed by atoms with Crippen molar-refractivity contribution in [2.24, 2.45) is 0 Å². The van der Waals surface area contributed by atoms with Crippen molar-refractivity contribution >= 4 is 22.5 Å². The molecule has 0 aliphatic carbocycles. The Balaban J connectivity index is 2.01. The standard InChI is InChI=1S/C14H16N2O3S/c1-9-12(14(17)18)13(20-16-9)15-8-7-10-5-3-4-6-11(10)19-2/h3-6,15H,7-8H2,1-2H3,(H,17,18). The highest BCUT2D eigenvalue weighted by atomic mass is 32.1. The molecular formula is C14H16N2O3S. The number of nitrogens with zero attached hydrogens (tertiary/aromatic N) is 1. The van der Waals surface area contributed by atoms with E-state index in [4.69, 9.17) is 9.84 Å². The lowest BCUT2D eigenvalue weighted by Crippen LogP contribution is -2.08. The summed E-state index contributed by atoms with van der Waals surface area (Å²) in [5.41, 5.74) is 1.89. The molecule has 0 saturated carbocycles. The molecule has 2 rings (SSSR count). The SMILES string of the molecule is COc1ccccc1CCNc1snc(C)c1C(=O)O. The van der Waals surface area contributed by atoms with Crippen molar-refractivity contribution < 1.29 is 14.6 Å². The van der Waals surface area contributed by atoms with Gasteiger partial charge in [-0.25, -0.2) is 4.79 Å². The molecule has 6 heteroatoms. The van der Waals surface area contributed by atoms with Crippen molar-refractivity contribution in [3.05, 3.63) is 41.1 Å². The molecule has 20 heavy (non-hydrogen) atoms. The summed E-state index contributed by atoms with van der Waals surface area (Å²) in [5.74, 6) is -0.107. The van der Waals surface area contributed by atoms with Gasteiger partial charge in [0.2, 0.25) is 0 Å². The number of ether oxygens (including phenoxy) is 1. The van der Waals surface area contributed by atoms with Crippen molar-refractivity contribution in [3.8, 4) is 5.75 Å². The predicted molar refractivity (Wildman–Crippen MR) is 79.0 cm³/mol. The number of rotatable bonds is 6. The summed E-state index contributed by atoms with van der Waals surface area (Å²) < 4.78 is 9.35. The van der Waals surface area contributed by atoms with Gasteiger partial charge in [-0.05, 0) is 36.5 Å². The molecule has 0 atom stereocenters. The maximum absolute atomic E-state index is 11.1. The van der Waals surface area contributed by atoms with E-state index in [1.54, 1.807) is 14.0 Å². The van der Waals surface area contributed by atoms with Gasteiger partial charge in [0, 0.05) is 6.54 Å². The minimum atomic E-state index is -0.948. The summed E-state index contributed by atoms with van der Waals surface area (Å²) in [4.78, 5) is 11.1. The van der Waals surface area contributed by atoms with E-state index in [-0.39, 0.29) is 5.56 Å². The number of hydrogen-bond donors (Lipinski definition) is 2. The Kier molecular flexibility index (Phi) is 4.57. The second kappa shape index (κ2) is 6.38. The zero-order valence-electron chi connectivity index (χ0n) is 11.3. The summed E-state index contributed by atoms with van der Waals surface area (Å²) in [6, 6.07) is 7.79. The van der Waals surface area contributed by atoms with Crippen LogP contribution in [0.5, 0.6) is 5.75 Å². The summed E-state index contributed by atoms with van der Waals surface area (Å²) in [5, 5.41) is 12.9. The first-order valence-corrected chi connectivity index (χ1v) is 6.96. The normalized spacial score (nSPS) is 10.3. The van der Waals surface area contributed by atoms with E-state index in [2.05, 4.69) is 9.69 Å². The van der Waals surface area contributed by atoms with E-state index >= 15 is 0 Å². The van der Waals surface area contributed by atoms with Crippen molar-refractivity contribution in [3.63, 3.8) is 0 Å². The molecule has 0 saturated heterocycles. The average Bonchev–Trinajstić information content (AvgIpc) is 2.80. The van der Waals surface area contributed by atoms with Crippen LogP contribution in [-0.4, -0.2) is 29.1 Å². The summed E-state index contributed by atoms with van der Waals surface area (Å²) in [6.07, 6.45) is 0.750. The summed E-state index contributed by atoms with van der Waals surface area (Å²) in [6.45, 7) is 2.33. The smallest absolute Gasteiger partial charge is 0.340 e. The molecule has 0 amide bonds. The fourth-order valence-electron chi connectivity index (χ4n) is 1.96. The molecular weight excluding hydrogens is 276 g/mol. The Morgan fingerprint density at radius 3 is 2.90 bits per heavy atom. The topological polar surface area (TPSA) is 71.5 Å². The number of hydrogen-bond acceptors (Lipinski definition) is 5. The lowest BCUT2D eigenvalue weighted by Gasteiger charge is -2.09. The van der Waals surface area contributed by atoms with E-state index in [0.29, 0.717) is 17.2 Å². The highest BCUT2D eigenvalue weighted by molar-refractivity contribution is 7.10. The second-order valence-corrected chi connectivity index (χ2v) is 5.04. The van der Waals surface area contributed by atoms with Crippen LogP contribution >= 0.6 is 11.5 Å². The number of para-hydroxylation sites is 1. The molecule has 2 aromatic rings. The quantitative estimate of drug-likeness (QED) is 0.856. The third-order valence-electron chi connectivity index (χ3n) is 2.95. The van der Waals surface area contributed by atoms with E-state index in [1.165, 1.54) is 11.5 Å². The molecule has 0 unspecified atom stereocenters. The van der Waals surface area contributed by atoms with Gasteiger partial charge in [-0.3, -0.25) is 0 Å². The molecule has 0 aliphatic heterocycles. The molecule has 1 aromatic heterocycles. The van der Waals surface area contributed by atoms with E-state index in [9.17, 15) is 4.79 Å². The van der Waals surface area contributed by atoms with Crippen molar-refractivity contribution in [2.75, 3.05) is 19.0 Å². The molecule has 0 bridgehead atoms. The van der Waals surface area contributed by atoms with Crippen LogP contribution in [0.1, 0.15) is 21.6 Å². The van der Waals surface area contributed by atoms with Gasteiger partial charge in [0.25, 0.3) is 0 Å². The Morgan fingerprint density at radius 1 is 1.45 bits per heavy atom. The molecule has 2 N–H and O–H groups in total. The number of nitrogens with one attached hydrogen (secondary N) is 1. The zero-order valence-corrected chi connectivity index (χ0v) is 12.2. The van der Waals surface area contributed by atoms with Crippen LogP contribution < -0.4 is 10.1 Å². The largest absolute Gasteiger partial charge is 0.496 e. The van der Waals surface area contributed by atoms with Gasteiger partial charge in [-0.1, -0.05) is 18.2 Å². The lowest BCUT2D eigenvalue weighted by atomic mass is 10.1. The van der Waals surface area contributed by atoms with E-state index in [1.807, 2.05) is 24.3 Å². The number of aromatic carboxylic acids is 1. The van der Waals surface area contributed by atoms with Crippen LogP contribution in [0.2, 0.25) is 0 Å². The molecule has 106 valence electrons. The number of aromatic nitrogens is 1. The molecule has 0 fully saturated rings. The van der Waals surface area contributed by atoms with Gasteiger partial charge in [-0.15, -0.1) is 0 Å². The number of carboxylic acids is 1. The third kappa shape index (κ3) is 3.08. The maximum atomic E-state index is 11.1. The molecule has 0 aliphatic rings. The number of benzene rings is 1. The molecule has 1 heterocycles. The van der Waals surface area contributed by atoms with E-state index < -0.39 is 5.97 Å². The number of methoxy groups -OCH3 is 1. The second-order valence-electron chi connectivity index (χ2n) is 4.27. The van der Waals surface area contributed by atoms with Crippen LogP contribution in [0.4, 0.5) is 5.00 Å². The fraction of sp³-hybridized carbons (Fsp3) is 0.286. The highest BCUT2D eigenvalue weighted by Crippen LogP contribution is 2.25. The third-order valence-corrected chi connectivity index (χ3v) is 3.85. The highest BCUT2D eigenvalue weighted by Gasteiger charge is 2.17. The molecule has 1 aromatic carbocycles. The van der Waals surface area contributed by atoms with Crippen LogP contribution in [0.25, 0.3) is 0 Å². The van der Waals surface area contributed by atoms with E-state index in [0.717, 1.165) is 17.7 Å². The van der Waals surface area contributed by atoms with Crippen molar-refractivity contribution in [2.45, 2.75) is 13.3 Å². The molecule has 5 nitrogen and oxygen atoms in total. The maximum Gasteiger partial charge on any atom is 0.340 e. The first kappa shape index (κ1) is 14.3. The van der Waals surface area contributed by atoms with Crippen molar-refractivity contribution in [1.29, 1.82) is 0 Å². The summed E-state index contributed by atoms with van der Waals surface area (Å²) >= 11 is 1.18. The van der Waals surface area contributed by atoms with Crippen LogP contribution in [0.15, 0.2) is 24.3 Å². The Bertz CT molecular complexity index is 610. The summed E-state index contributed by atoms with van der Waals surface area (Å²) in [7, 11) is 1.64. The van der Waals surface area contributed by atoms with Gasteiger partial charge in [0.1, 0.15) is 16.3 Å². The Labute approximate surface area is 121 Å². The van der Waals surface area contributed by atoms with Crippen molar-refractivity contribution in [1.82, 2.24) is 4.37 Å². The number of carbonyl (C=O) groups is 1. The number of aryl methyl sites for hydroxylation is 1. The van der Waals surface area contributed by atoms with Gasteiger partial charge in [0.15, 0.2) is 0 Å². The van der Waals surface area contributed by atoms with Crippen LogP contribution in [0, 0.1) is 6.92 Å². The first-order chi connectivity index (χ1) is 9.63. The Morgan fingerprint density at radius 2 is 2.20 bits per heavy atom. The lowest BCUT2D eigenvalue weighted by molar-refractivity contribution is 0.0697.